The molecule has 0 unspecified atom stereocenters. The maximum atomic E-state index is 12.9. The van der Waals surface area contributed by atoms with Gasteiger partial charge in [-0.3, -0.25) is 4.98 Å². The second-order valence-electron chi connectivity index (χ2n) is 8.72. The fraction of sp³-hybridized carbons (Fsp3) is 0.714. The lowest BCUT2D eigenvalue weighted by Crippen LogP contribution is -2.41. The van der Waals surface area contributed by atoms with Crippen molar-refractivity contribution in [3.05, 3.63) is 23.9 Å². The van der Waals surface area contributed by atoms with Crippen molar-refractivity contribution in [1.82, 2.24) is 9.88 Å². The molecular formula is C21H33BN2O4. The molecule has 1 amide bonds. The van der Waals surface area contributed by atoms with E-state index >= 15 is 0 Å². The van der Waals surface area contributed by atoms with Crippen molar-refractivity contribution in [3.8, 4) is 0 Å². The minimum Gasteiger partial charge on any atom is -0.444 e. The molecule has 0 saturated carbocycles. The molecule has 7 heteroatoms. The zero-order valence-corrected chi connectivity index (χ0v) is 17.3. The molecule has 6 nitrogen and oxygen atoms in total. The van der Waals surface area contributed by atoms with E-state index in [-0.39, 0.29) is 10.5 Å². The topological polar surface area (TPSA) is 60.9 Å². The zero-order valence-electron chi connectivity index (χ0n) is 26.3. The molecule has 0 aromatic carbocycles. The Morgan fingerprint density at radius 1 is 1.25 bits per heavy atom. The summed E-state index contributed by atoms with van der Waals surface area (Å²) in [4.78, 5) is 16.8. The van der Waals surface area contributed by atoms with Crippen LogP contribution < -0.4 is 5.59 Å². The highest BCUT2D eigenvalue weighted by molar-refractivity contribution is 6.61. The molecule has 0 atom stereocenters. The number of amides is 1. The van der Waals surface area contributed by atoms with Crippen LogP contribution in [0.2, 0.25) is 0 Å². The zero-order chi connectivity index (χ0) is 28.8. The summed E-state index contributed by atoms with van der Waals surface area (Å²) >= 11 is 0. The van der Waals surface area contributed by atoms with Crippen molar-refractivity contribution in [1.29, 1.82) is 0 Å². The summed E-state index contributed by atoms with van der Waals surface area (Å²) in [7, 11) is -0.902. The first-order valence-corrected chi connectivity index (χ1v) is 9.13. The Morgan fingerprint density at radius 3 is 2.29 bits per heavy atom. The fourth-order valence-corrected chi connectivity index (χ4v) is 2.48. The minimum atomic E-state index is -3.50. The van der Waals surface area contributed by atoms with Gasteiger partial charge in [0.05, 0.1) is 16.8 Å². The molecule has 2 saturated heterocycles. The van der Waals surface area contributed by atoms with E-state index in [1.807, 2.05) is 27.7 Å². The van der Waals surface area contributed by atoms with Gasteiger partial charge in [-0.05, 0) is 78.7 Å². The van der Waals surface area contributed by atoms with E-state index < -0.39 is 67.2 Å². The number of likely N-dealkylation sites (tertiary alicyclic amines) is 1. The third-order valence-electron chi connectivity index (χ3n) is 4.73. The standard InChI is InChI=1S/C21H33BN2O4/c1-19(2,3)26-18(25)24-12-10-15(11-13-24)16-8-9-17(23-14-16)22-27-20(4,5)21(6,7)28-22/h8-9,14-15H,10-13H2,1-7H3/i10D2,11D2,12D2,13D2,15D. The number of hydrogen-bond acceptors (Lipinski definition) is 5. The number of carbonyl (C=O) groups excluding carboxylic acids is 1. The van der Waals surface area contributed by atoms with Gasteiger partial charge in [-0.2, -0.15) is 0 Å². The minimum absolute atomic E-state index is 0.218. The Balaban J connectivity index is 2.11. The molecule has 0 aliphatic carbocycles. The van der Waals surface area contributed by atoms with Gasteiger partial charge in [0.15, 0.2) is 0 Å². The van der Waals surface area contributed by atoms with E-state index in [4.69, 9.17) is 26.4 Å². The monoisotopic (exact) mass is 397 g/mol. The van der Waals surface area contributed by atoms with E-state index in [1.165, 1.54) is 32.9 Å². The Hall–Kier alpha value is -1.60. The largest absolute Gasteiger partial charge is 0.514 e. The normalized spacial score (nSPS) is 35.5. The highest BCUT2D eigenvalue weighted by Gasteiger charge is 2.52. The first kappa shape index (κ1) is 12.2. The molecule has 0 bridgehead atoms. The number of carbonyl (C=O) groups is 1. The Labute approximate surface area is 181 Å². The Bertz CT molecular complexity index is 1030. The van der Waals surface area contributed by atoms with Crippen molar-refractivity contribution in [3.63, 3.8) is 0 Å². The summed E-state index contributed by atoms with van der Waals surface area (Å²) in [6, 6.07) is 2.51. The van der Waals surface area contributed by atoms with E-state index in [1.54, 1.807) is 0 Å². The molecule has 0 N–H and O–H groups in total. The van der Waals surface area contributed by atoms with Crippen molar-refractivity contribution in [2.45, 2.75) is 83.9 Å². The lowest BCUT2D eigenvalue weighted by Gasteiger charge is -2.33. The molecule has 1 aromatic rings. The van der Waals surface area contributed by atoms with Crippen molar-refractivity contribution >= 4 is 18.8 Å². The molecule has 0 spiro atoms. The van der Waals surface area contributed by atoms with Crippen LogP contribution in [0.25, 0.3) is 0 Å². The smallest absolute Gasteiger partial charge is 0.444 e. The molecule has 3 heterocycles. The molecule has 154 valence electrons. The quantitative estimate of drug-likeness (QED) is 0.715. The average molecular weight is 397 g/mol. The van der Waals surface area contributed by atoms with E-state index in [9.17, 15) is 4.79 Å². The van der Waals surface area contributed by atoms with Gasteiger partial charge in [0.25, 0.3) is 0 Å². The third-order valence-corrected chi connectivity index (χ3v) is 4.73. The number of nitrogens with zero attached hydrogens (tertiary/aromatic N) is 2. The van der Waals surface area contributed by atoms with Crippen LogP contribution in [-0.4, -0.2) is 52.9 Å². The first-order valence-electron chi connectivity index (χ1n) is 13.6. The van der Waals surface area contributed by atoms with Gasteiger partial charge in [-0.1, -0.05) is 6.07 Å². The molecule has 2 fully saturated rings. The fourth-order valence-electron chi connectivity index (χ4n) is 2.48. The van der Waals surface area contributed by atoms with E-state index in [0.717, 1.165) is 6.20 Å². The maximum Gasteiger partial charge on any atom is 0.514 e. The van der Waals surface area contributed by atoms with Gasteiger partial charge in [0.2, 0.25) is 0 Å². The van der Waals surface area contributed by atoms with Crippen LogP contribution >= 0.6 is 0 Å². The van der Waals surface area contributed by atoms with Crippen LogP contribution in [0, 0.1) is 0 Å². The second-order valence-corrected chi connectivity index (χ2v) is 8.72. The van der Waals surface area contributed by atoms with Crippen LogP contribution in [-0.2, 0) is 14.0 Å². The highest BCUT2D eigenvalue weighted by atomic mass is 16.7. The predicted molar refractivity (Wildman–Crippen MR) is 110 cm³/mol. The third kappa shape index (κ3) is 4.52. The summed E-state index contributed by atoms with van der Waals surface area (Å²) in [5.74, 6) is -3.19. The number of ether oxygens (including phenoxy) is 1. The summed E-state index contributed by atoms with van der Waals surface area (Å²) in [5.41, 5.74) is -2.73. The number of rotatable bonds is 2. The predicted octanol–water partition coefficient (Wildman–Crippen LogP) is 3.50. The van der Waals surface area contributed by atoms with Crippen LogP contribution in [0.15, 0.2) is 18.3 Å². The number of aromatic nitrogens is 1. The van der Waals surface area contributed by atoms with Crippen molar-refractivity contribution < 1.29 is 31.2 Å². The molecule has 0 radical (unpaired) electrons. The number of pyridine rings is 1. The molecule has 2 aliphatic heterocycles. The van der Waals surface area contributed by atoms with Gasteiger partial charge in [-0.25, -0.2) is 4.79 Å². The number of hydrogen-bond donors (Lipinski definition) is 0. The van der Waals surface area contributed by atoms with Crippen LogP contribution in [0.3, 0.4) is 0 Å². The summed E-state index contributed by atoms with van der Waals surface area (Å²) < 4.78 is 94.2. The lowest BCUT2D eigenvalue weighted by molar-refractivity contribution is 0.00578. The van der Waals surface area contributed by atoms with Gasteiger partial charge in [0, 0.05) is 31.5 Å². The molecule has 28 heavy (non-hydrogen) atoms. The van der Waals surface area contributed by atoms with Crippen LogP contribution in [0.4, 0.5) is 4.79 Å². The molecular weight excluding hydrogens is 355 g/mol. The SMILES string of the molecule is [2H]C1([2H])N(C(=O)OC(C)(C)C)C([2H])([2H])C([2H])([2H])C([2H])(c2ccc(B3OC(C)(C)C(C)(C)O3)nc2)C1([2H])[2H]. The van der Waals surface area contributed by atoms with E-state index in [0.29, 0.717) is 0 Å². The Kier molecular flexibility index (Phi) is 3.19. The summed E-state index contributed by atoms with van der Waals surface area (Å²) in [6.07, 6.45) is -7.55. The lowest BCUT2D eigenvalue weighted by atomic mass is 9.83. The second kappa shape index (κ2) is 7.34. The van der Waals surface area contributed by atoms with Crippen molar-refractivity contribution in [2.24, 2.45) is 0 Å². The van der Waals surface area contributed by atoms with Crippen molar-refractivity contribution in [2.75, 3.05) is 13.0 Å². The van der Waals surface area contributed by atoms with Crippen LogP contribution in [0.5, 0.6) is 0 Å². The average Bonchev–Trinajstić information content (AvgIpc) is 2.91. The summed E-state index contributed by atoms with van der Waals surface area (Å²) in [6.45, 7) is 4.70. The maximum absolute atomic E-state index is 12.9. The molecule has 2 aliphatic rings. The Morgan fingerprint density at radius 2 is 1.82 bits per heavy atom. The first-order chi connectivity index (χ1) is 16.3. The van der Waals surface area contributed by atoms with Gasteiger partial charge >= 0.3 is 13.2 Å². The van der Waals surface area contributed by atoms with E-state index in [2.05, 4.69) is 4.98 Å². The van der Waals surface area contributed by atoms with Gasteiger partial charge in [-0.15, -0.1) is 0 Å². The van der Waals surface area contributed by atoms with Gasteiger partial charge < -0.3 is 18.9 Å². The number of piperidine rings is 1. The summed E-state index contributed by atoms with van der Waals surface area (Å²) in [5, 5.41) is 0. The highest BCUT2D eigenvalue weighted by Crippen LogP contribution is 2.36. The van der Waals surface area contributed by atoms with Gasteiger partial charge in [0.1, 0.15) is 5.60 Å². The molecule has 1 aromatic heterocycles. The molecule has 3 rings (SSSR count). The van der Waals surface area contributed by atoms with Crippen LogP contribution in [0.1, 0.15) is 85.0 Å².